The van der Waals surface area contributed by atoms with E-state index in [-0.39, 0.29) is 13.0 Å². The lowest BCUT2D eigenvalue weighted by Gasteiger charge is -2.09. The van der Waals surface area contributed by atoms with E-state index in [1.54, 1.807) is 30.3 Å². The van der Waals surface area contributed by atoms with Crippen molar-refractivity contribution in [3.63, 3.8) is 0 Å². The molecule has 0 bridgehead atoms. The molecule has 92 valence electrons. The van der Waals surface area contributed by atoms with Gasteiger partial charge in [-0.3, -0.25) is 0 Å². The molecule has 0 N–H and O–H groups in total. The number of ether oxygens (including phenoxy) is 2. The first-order chi connectivity index (χ1) is 8.16. The fourth-order valence-corrected chi connectivity index (χ4v) is 1.62. The Bertz CT molecular complexity index is 373. The molecule has 1 aromatic rings. The van der Waals surface area contributed by atoms with Crippen molar-refractivity contribution < 1.29 is 23.0 Å². The molecule has 3 nitrogen and oxygen atoms in total. The maximum Gasteiger partial charge on any atom is 0.338 e. The zero-order chi connectivity index (χ0) is 12.3. The summed E-state index contributed by atoms with van der Waals surface area (Å²) in [6.45, 7) is -0.130. The summed E-state index contributed by atoms with van der Waals surface area (Å²) in [6.07, 6.45) is -4.32. The predicted octanol–water partition coefficient (Wildman–Crippen LogP) is 2.27. The minimum Gasteiger partial charge on any atom is -0.459 e. The van der Waals surface area contributed by atoms with Crippen molar-refractivity contribution in [3.8, 4) is 0 Å². The van der Waals surface area contributed by atoms with Gasteiger partial charge in [-0.1, -0.05) is 18.2 Å². The van der Waals surface area contributed by atoms with Crippen LogP contribution in [0.2, 0.25) is 0 Å². The molecule has 0 unspecified atom stereocenters. The molecular formula is C12H12F2O3. The average molecular weight is 242 g/mol. The Labute approximate surface area is 97.3 Å². The molecular weight excluding hydrogens is 230 g/mol. The van der Waals surface area contributed by atoms with Crippen LogP contribution in [0.3, 0.4) is 0 Å². The van der Waals surface area contributed by atoms with Crippen molar-refractivity contribution in [2.75, 3.05) is 6.61 Å². The van der Waals surface area contributed by atoms with Crippen LogP contribution in [0, 0.1) is 0 Å². The monoisotopic (exact) mass is 242 g/mol. The summed E-state index contributed by atoms with van der Waals surface area (Å²) >= 11 is 0. The normalized spacial score (nSPS) is 28.0. The maximum atomic E-state index is 12.8. The Balaban J connectivity index is 1.81. The van der Waals surface area contributed by atoms with Crippen molar-refractivity contribution in [2.45, 2.75) is 25.1 Å². The predicted molar refractivity (Wildman–Crippen MR) is 56.0 cm³/mol. The molecule has 1 heterocycles. The van der Waals surface area contributed by atoms with Crippen molar-refractivity contribution in [3.05, 3.63) is 35.9 Å². The van der Waals surface area contributed by atoms with E-state index >= 15 is 0 Å². The molecule has 1 aliphatic rings. The molecule has 1 aromatic carbocycles. The minimum absolute atomic E-state index is 0.0801. The Morgan fingerprint density at radius 3 is 2.65 bits per heavy atom. The van der Waals surface area contributed by atoms with Gasteiger partial charge in [0.25, 0.3) is 0 Å². The highest BCUT2D eigenvalue weighted by Gasteiger charge is 2.36. The standard InChI is InChI=1S/C12H12F2O3/c13-10-6-9(17-11(10)14)7-16-12(15)8-4-2-1-3-5-8/h1-5,9-11H,6-7H2/t9-,10-,11-/m0/s1. The molecule has 2 rings (SSSR count). The van der Waals surface area contributed by atoms with Gasteiger partial charge >= 0.3 is 5.97 Å². The Kier molecular flexibility index (Phi) is 3.68. The van der Waals surface area contributed by atoms with Crippen LogP contribution in [0.4, 0.5) is 8.78 Å². The number of alkyl halides is 2. The lowest BCUT2D eigenvalue weighted by atomic mass is 10.2. The molecule has 1 fully saturated rings. The molecule has 3 atom stereocenters. The number of esters is 1. The van der Waals surface area contributed by atoms with Crippen LogP contribution in [0.1, 0.15) is 16.8 Å². The first-order valence-electron chi connectivity index (χ1n) is 5.32. The third kappa shape index (κ3) is 3.00. The summed E-state index contributed by atoms with van der Waals surface area (Å²) in [5.74, 6) is -0.521. The molecule has 0 amide bonds. The highest BCUT2D eigenvalue weighted by atomic mass is 19.2. The second kappa shape index (κ2) is 5.23. The van der Waals surface area contributed by atoms with Gasteiger partial charge in [-0.05, 0) is 12.1 Å². The van der Waals surface area contributed by atoms with Crippen LogP contribution in [0.5, 0.6) is 0 Å². The fourth-order valence-electron chi connectivity index (χ4n) is 1.62. The van der Waals surface area contributed by atoms with E-state index in [1.165, 1.54) is 0 Å². The van der Waals surface area contributed by atoms with E-state index in [2.05, 4.69) is 4.74 Å². The van der Waals surface area contributed by atoms with E-state index < -0.39 is 24.6 Å². The summed E-state index contributed by atoms with van der Waals surface area (Å²) in [7, 11) is 0. The first kappa shape index (κ1) is 12.0. The van der Waals surface area contributed by atoms with Gasteiger partial charge in [0.1, 0.15) is 6.61 Å². The highest BCUT2D eigenvalue weighted by Crippen LogP contribution is 2.24. The smallest absolute Gasteiger partial charge is 0.338 e. The Morgan fingerprint density at radius 1 is 1.35 bits per heavy atom. The zero-order valence-electron chi connectivity index (χ0n) is 9.01. The van der Waals surface area contributed by atoms with Gasteiger partial charge in [0.15, 0.2) is 6.17 Å². The van der Waals surface area contributed by atoms with Gasteiger partial charge in [-0.2, -0.15) is 0 Å². The van der Waals surface area contributed by atoms with Crippen molar-refractivity contribution in [1.82, 2.24) is 0 Å². The third-order valence-corrected chi connectivity index (χ3v) is 2.50. The van der Waals surface area contributed by atoms with E-state index in [4.69, 9.17) is 4.74 Å². The van der Waals surface area contributed by atoms with Crippen LogP contribution in [0.15, 0.2) is 30.3 Å². The highest BCUT2D eigenvalue weighted by molar-refractivity contribution is 5.89. The second-order valence-corrected chi connectivity index (χ2v) is 3.83. The summed E-state index contributed by atoms with van der Waals surface area (Å²) in [5.41, 5.74) is 0.402. The van der Waals surface area contributed by atoms with Crippen molar-refractivity contribution in [2.24, 2.45) is 0 Å². The SMILES string of the molecule is O=C(OC[C@@H]1C[C@H](F)[C@@H](F)O1)c1ccccc1. The molecule has 0 saturated carbocycles. The van der Waals surface area contributed by atoms with Crippen molar-refractivity contribution >= 4 is 5.97 Å². The van der Waals surface area contributed by atoms with E-state index in [1.807, 2.05) is 0 Å². The zero-order valence-corrected chi connectivity index (χ0v) is 9.01. The largest absolute Gasteiger partial charge is 0.459 e. The Hall–Kier alpha value is -1.49. The van der Waals surface area contributed by atoms with Gasteiger partial charge in [-0.25, -0.2) is 13.6 Å². The molecule has 1 aliphatic heterocycles. The lowest BCUT2D eigenvalue weighted by Crippen LogP contribution is -2.18. The maximum absolute atomic E-state index is 12.8. The van der Waals surface area contributed by atoms with Crippen LogP contribution in [-0.2, 0) is 9.47 Å². The van der Waals surface area contributed by atoms with Crippen LogP contribution in [0.25, 0.3) is 0 Å². The molecule has 0 radical (unpaired) electrons. The molecule has 0 aromatic heterocycles. The number of carbonyl (C=O) groups is 1. The third-order valence-electron chi connectivity index (χ3n) is 2.50. The first-order valence-corrected chi connectivity index (χ1v) is 5.32. The summed E-state index contributed by atoms with van der Waals surface area (Å²) in [5, 5.41) is 0. The number of carbonyl (C=O) groups excluding carboxylic acids is 1. The number of benzene rings is 1. The molecule has 0 spiro atoms. The van der Waals surface area contributed by atoms with Gasteiger partial charge in [0, 0.05) is 6.42 Å². The number of hydrogen-bond acceptors (Lipinski definition) is 3. The van der Waals surface area contributed by atoms with E-state index in [0.29, 0.717) is 5.56 Å². The number of hydrogen-bond donors (Lipinski definition) is 0. The quantitative estimate of drug-likeness (QED) is 0.763. The summed E-state index contributed by atoms with van der Waals surface area (Å²) in [4.78, 5) is 11.5. The topological polar surface area (TPSA) is 35.5 Å². The van der Waals surface area contributed by atoms with E-state index in [0.717, 1.165) is 0 Å². The van der Waals surface area contributed by atoms with Crippen molar-refractivity contribution in [1.29, 1.82) is 0 Å². The number of rotatable bonds is 3. The fraction of sp³-hybridized carbons (Fsp3) is 0.417. The minimum atomic E-state index is -1.91. The van der Waals surface area contributed by atoms with Crippen LogP contribution < -0.4 is 0 Å². The Morgan fingerprint density at radius 2 is 2.06 bits per heavy atom. The molecule has 5 heteroatoms. The van der Waals surface area contributed by atoms with Gasteiger partial charge in [-0.15, -0.1) is 0 Å². The van der Waals surface area contributed by atoms with Gasteiger partial charge in [0.2, 0.25) is 6.36 Å². The molecule has 0 aliphatic carbocycles. The number of halogens is 2. The summed E-state index contributed by atoms with van der Waals surface area (Å²) < 4.78 is 35.0. The second-order valence-electron chi connectivity index (χ2n) is 3.83. The van der Waals surface area contributed by atoms with Gasteiger partial charge in [0.05, 0.1) is 11.7 Å². The van der Waals surface area contributed by atoms with Crippen LogP contribution in [-0.4, -0.2) is 31.2 Å². The van der Waals surface area contributed by atoms with E-state index in [9.17, 15) is 13.6 Å². The lowest BCUT2D eigenvalue weighted by molar-refractivity contribution is -0.0714. The molecule has 1 saturated heterocycles. The summed E-state index contributed by atoms with van der Waals surface area (Å²) in [6, 6.07) is 8.40. The average Bonchev–Trinajstić information content (AvgIpc) is 2.67. The van der Waals surface area contributed by atoms with Crippen LogP contribution >= 0.6 is 0 Å². The molecule has 17 heavy (non-hydrogen) atoms. The van der Waals surface area contributed by atoms with Gasteiger partial charge < -0.3 is 9.47 Å².